The Kier molecular flexibility index (Phi) is 4.93. The lowest BCUT2D eigenvalue weighted by Gasteiger charge is -2.14. The van der Waals surface area contributed by atoms with Crippen LogP contribution in [0.2, 0.25) is 0 Å². The summed E-state index contributed by atoms with van der Waals surface area (Å²) in [6.07, 6.45) is 2.30. The van der Waals surface area contributed by atoms with Gasteiger partial charge in [-0.25, -0.2) is 4.79 Å². The third kappa shape index (κ3) is 4.04. The maximum Gasteiger partial charge on any atom is 0.331 e. The van der Waals surface area contributed by atoms with Crippen LogP contribution >= 0.6 is 11.3 Å². The van der Waals surface area contributed by atoms with E-state index in [1.54, 1.807) is 12.1 Å². The third-order valence-electron chi connectivity index (χ3n) is 3.32. The van der Waals surface area contributed by atoms with E-state index in [4.69, 9.17) is 5.11 Å². The van der Waals surface area contributed by atoms with Gasteiger partial charge in [0.2, 0.25) is 5.91 Å². The minimum Gasteiger partial charge on any atom is -0.479 e. The van der Waals surface area contributed by atoms with Crippen LogP contribution in [0, 0.1) is 5.92 Å². The molecule has 2 rings (SSSR count). The van der Waals surface area contributed by atoms with Gasteiger partial charge >= 0.3 is 5.97 Å². The molecule has 104 valence electrons. The molecule has 0 radical (unpaired) electrons. The number of carboxylic acids is 1. The zero-order valence-electron chi connectivity index (χ0n) is 10.6. The number of hydrogen-bond donors (Lipinski definition) is 3. The van der Waals surface area contributed by atoms with E-state index < -0.39 is 12.0 Å². The summed E-state index contributed by atoms with van der Waals surface area (Å²) in [7, 11) is 0. The number of carbonyl (C=O) groups is 2. The average molecular weight is 282 g/mol. The van der Waals surface area contributed by atoms with E-state index in [-0.39, 0.29) is 5.91 Å². The number of nitrogens with one attached hydrogen (secondary N) is 2. The highest BCUT2D eigenvalue weighted by atomic mass is 32.1. The topological polar surface area (TPSA) is 78.4 Å². The normalized spacial score (nSPS) is 20.1. The number of hydrogen-bond acceptors (Lipinski definition) is 4. The Balaban J connectivity index is 1.83. The Bertz CT molecular complexity index is 427. The Morgan fingerprint density at radius 1 is 1.58 bits per heavy atom. The van der Waals surface area contributed by atoms with Gasteiger partial charge in [-0.3, -0.25) is 4.79 Å². The molecule has 6 heteroatoms. The van der Waals surface area contributed by atoms with E-state index in [1.165, 1.54) is 11.3 Å². The lowest BCUT2D eigenvalue weighted by atomic mass is 10.0. The molecule has 1 aliphatic rings. The maximum atomic E-state index is 11.8. The van der Waals surface area contributed by atoms with Crippen LogP contribution in [-0.2, 0) is 9.59 Å². The van der Waals surface area contributed by atoms with Crippen molar-refractivity contribution in [3.63, 3.8) is 0 Å². The second-order valence-electron chi connectivity index (χ2n) is 4.75. The fraction of sp³-hybridized carbons (Fsp3) is 0.538. The first-order valence-corrected chi connectivity index (χ1v) is 7.31. The number of aliphatic carboxylic acids is 1. The molecule has 5 nitrogen and oxygen atoms in total. The maximum absolute atomic E-state index is 11.8. The van der Waals surface area contributed by atoms with Crippen molar-refractivity contribution in [2.75, 3.05) is 13.1 Å². The number of carboxylic acid groups (broad SMARTS) is 1. The molecule has 0 aliphatic carbocycles. The van der Waals surface area contributed by atoms with Crippen LogP contribution in [0.5, 0.6) is 0 Å². The first-order valence-electron chi connectivity index (χ1n) is 6.43. The molecule has 0 bridgehead atoms. The molecule has 0 aromatic carbocycles. The van der Waals surface area contributed by atoms with Crippen LogP contribution < -0.4 is 10.6 Å². The van der Waals surface area contributed by atoms with Gasteiger partial charge in [-0.15, -0.1) is 11.3 Å². The quantitative estimate of drug-likeness (QED) is 0.736. The molecule has 1 aromatic heterocycles. The van der Waals surface area contributed by atoms with Gasteiger partial charge in [0.1, 0.15) is 0 Å². The number of amides is 1. The summed E-state index contributed by atoms with van der Waals surface area (Å²) >= 11 is 1.34. The van der Waals surface area contributed by atoms with Crippen molar-refractivity contribution in [3.8, 4) is 0 Å². The first-order chi connectivity index (χ1) is 9.16. The molecule has 0 saturated carbocycles. The lowest BCUT2D eigenvalue weighted by Crippen LogP contribution is -2.33. The summed E-state index contributed by atoms with van der Waals surface area (Å²) in [5.41, 5.74) is 0. The Morgan fingerprint density at radius 2 is 2.42 bits per heavy atom. The minimum absolute atomic E-state index is 0.187. The van der Waals surface area contributed by atoms with Gasteiger partial charge in [0.15, 0.2) is 6.04 Å². The average Bonchev–Trinajstić information content (AvgIpc) is 3.05. The summed E-state index contributed by atoms with van der Waals surface area (Å²) in [5.74, 6) is -0.665. The second kappa shape index (κ2) is 6.68. The van der Waals surface area contributed by atoms with Crippen molar-refractivity contribution in [1.82, 2.24) is 10.6 Å². The first kappa shape index (κ1) is 14.0. The predicted molar refractivity (Wildman–Crippen MR) is 73.0 cm³/mol. The second-order valence-corrected chi connectivity index (χ2v) is 5.73. The third-order valence-corrected chi connectivity index (χ3v) is 4.26. The Hall–Kier alpha value is -1.40. The molecule has 1 aliphatic heterocycles. The van der Waals surface area contributed by atoms with Crippen molar-refractivity contribution < 1.29 is 14.7 Å². The van der Waals surface area contributed by atoms with Gasteiger partial charge < -0.3 is 15.7 Å². The van der Waals surface area contributed by atoms with Crippen LogP contribution in [0.25, 0.3) is 0 Å². The van der Waals surface area contributed by atoms with Crippen molar-refractivity contribution in [2.45, 2.75) is 25.3 Å². The van der Waals surface area contributed by atoms with Crippen molar-refractivity contribution in [3.05, 3.63) is 22.4 Å². The standard InChI is InChI=1S/C13H18N2O3S/c16-11(4-3-9-5-6-14-8-9)15-12(13(17)18)10-2-1-7-19-10/h1-2,7,9,12,14H,3-6,8H2,(H,15,16)(H,17,18). The van der Waals surface area contributed by atoms with Gasteiger partial charge in [0.25, 0.3) is 0 Å². The summed E-state index contributed by atoms with van der Waals surface area (Å²) in [4.78, 5) is 23.7. The number of thiophene rings is 1. The van der Waals surface area contributed by atoms with Crippen LogP contribution in [0.1, 0.15) is 30.2 Å². The highest BCUT2D eigenvalue weighted by Gasteiger charge is 2.23. The molecule has 3 N–H and O–H groups in total. The summed E-state index contributed by atoms with van der Waals surface area (Å²) in [6, 6.07) is 2.59. The molecule has 0 spiro atoms. The fourth-order valence-corrected chi connectivity index (χ4v) is 3.01. The van der Waals surface area contributed by atoms with Crippen LogP contribution in [-0.4, -0.2) is 30.1 Å². The molecule has 19 heavy (non-hydrogen) atoms. The Labute approximate surface area is 116 Å². The van der Waals surface area contributed by atoms with Gasteiger partial charge in [-0.05, 0) is 43.3 Å². The molecule has 1 fully saturated rings. The Morgan fingerprint density at radius 3 is 3.00 bits per heavy atom. The smallest absolute Gasteiger partial charge is 0.331 e. The number of carbonyl (C=O) groups excluding carboxylic acids is 1. The van der Waals surface area contributed by atoms with Gasteiger partial charge in [0.05, 0.1) is 0 Å². The van der Waals surface area contributed by atoms with Gasteiger partial charge in [0, 0.05) is 11.3 Å². The molecule has 2 unspecified atom stereocenters. The fourth-order valence-electron chi connectivity index (χ4n) is 2.24. The number of rotatable bonds is 6. The summed E-state index contributed by atoms with van der Waals surface area (Å²) in [5, 5.41) is 16.8. The summed E-state index contributed by atoms with van der Waals surface area (Å²) in [6.45, 7) is 1.97. The highest BCUT2D eigenvalue weighted by Crippen LogP contribution is 2.20. The zero-order chi connectivity index (χ0) is 13.7. The van der Waals surface area contributed by atoms with Crippen LogP contribution in [0.15, 0.2) is 17.5 Å². The highest BCUT2D eigenvalue weighted by molar-refractivity contribution is 7.10. The SMILES string of the molecule is O=C(CCC1CCNC1)NC(C(=O)O)c1cccs1. The molecule has 1 amide bonds. The predicted octanol–water partition coefficient (Wildman–Crippen LogP) is 1.38. The van der Waals surface area contributed by atoms with E-state index in [0.717, 1.165) is 25.9 Å². The van der Waals surface area contributed by atoms with E-state index in [9.17, 15) is 9.59 Å². The monoisotopic (exact) mass is 282 g/mol. The van der Waals surface area contributed by atoms with E-state index in [1.807, 2.05) is 5.38 Å². The minimum atomic E-state index is -1.02. The molecule has 1 saturated heterocycles. The van der Waals surface area contributed by atoms with E-state index >= 15 is 0 Å². The van der Waals surface area contributed by atoms with Gasteiger partial charge in [-0.1, -0.05) is 6.07 Å². The van der Waals surface area contributed by atoms with Crippen LogP contribution in [0.3, 0.4) is 0 Å². The molecule has 2 atom stereocenters. The largest absolute Gasteiger partial charge is 0.479 e. The van der Waals surface area contributed by atoms with Crippen molar-refractivity contribution in [2.24, 2.45) is 5.92 Å². The lowest BCUT2D eigenvalue weighted by molar-refractivity contribution is -0.142. The van der Waals surface area contributed by atoms with Crippen LogP contribution in [0.4, 0.5) is 0 Å². The van der Waals surface area contributed by atoms with E-state index in [2.05, 4.69) is 10.6 Å². The molecule has 2 heterocycles. The molecule has 1 aromatic rings. The van der Waals surface area contributed by atoms with Gasteiger partial charge in [-0.2, -0.15) is 0 Å². The van der Waals surface area contributed by atoms with E-state index in [0.29, 0.717) is 17.2 Å². The molecular formula is C13H18N2O3S. The molecular weight excluding hydrogens is 264 g/mol. The van der Waals surface area contributed by atoms with Crippen molar-refractivity contribution >= 4 is 23.2 Å². The zero-order valence-corrected chi connectivity index (χ0v) is 11.4. The van der Waals surface area contributed by atoms with Crippen molar-refractivity contribution in [1.29, 1.82) is 0 Å². The summed E-state index contributed by atoms with van der Waals surface area (Å²) < 4.78 is 0.